The van der Waals surface area contributed by atoms with Gasteiger partial charge < -0.3 is 9.47 Å². The fraction of sp³-hybridized carbons (Fsp3) is 0.500. The molecule has 0 spiro atoms. The van der Waals surface area contributed by atoms with E-state index in [1.54, 1.807) is 0 Å². The summed E-state index contributed by atoms with van der Waals surface area (Å²) < 4.78 is 33.5. The van der Waals surface area contributed by atoms with Crippen LogP contribution in [-0.2, 0) is 9.05 Å². The van der Waals surface area contributed by atoms with Crippen LogP contribution >= 0.6 is 10.7 Å². The Morgan fingerprint density at radius 1 is 1.38 bits per heavy atom. The number of benzene rings is 1. The van der Waals surface area contributed by atoms with E-state index in [1.807, 2.05) is 13.8 Å². The molecule has 0 aliphatic carbocycles. The summed E-state index contributed by atoms with van der Waals surface area (Å²) in [5.41, 5.74) is -0.436. The van der Waals surface area contributed by atoms with Crippen LogP contribution in [0.25, 0.3) is 0 Å². The lowest BCUT2D eigenvalue weighted by Gasteiger charge is -2.13. The number of ether oxygens (including phenoxy) is 2. The van der Waals surface area contributed by atoms with Gasteiger partial charge in [0.2, 0.25) is 0 Å². The fourth-order valence-electron chi connectivity index (χ4n) is 1.56. The highest BCUT2D eigenvalue weighted by atomic mass is 35.7. The van der Waals surface area contributed by atoms with Crippen molar-refractivity contribution >= 4 is 25.4 Å². The second-order valence-corrected chi connectivity index (χ2v) is 7.24. The highest BCUT2D eigenvalue weighted by Gasteiger charge is 2.26. The van der Waals surface area contributed by atoms with Crippen LogP contribution in [0.15, 0.2) is 17.0 Å². The summed E-state index contributed by atoms with van der Waals surface area (Å²) in [7, 11) is 2.33. The maximum absolute atomic E-state index is 11.5. The minimum Gasteiger partial charge on any atom is -0.492 e. The largest absolute Gasteiger partial charge is 0.492 e. The van der Waals surface area contributed by atoms with Gasteiger partial charge in [-0.25, -0.2) is 8.42 Å². The molecular formula is C12H16ClNO6S. The van der Waals surface area contributed by atoms with Gasteiger partial charge in [-0.05, 0) is 12.3 Å². The smallest absolute Gasteiger partial charge is 0.274 e. The van der Waals surface area contributed by atoms with E-state index in [2.05, 4.69) is 0 Å². The highest BCUT2D eigenvalue weighted by molar-refractivity contribution is 8.13. The molecule has 118 valence electrons. The summed E-state index contributed by atoms with van der Waals surface area (Å²) in [4.78, 5) is 9.68. The van der Waals surface area contributed by atoms with Crippen LogP contribution in [0.5, 0.6) is 11.5 Å². The first-order chi connectivity index (χ1) is 9.66. The second kappa shape index (κ2) is 6.95. The molecule has 0 fully saturated rings. The third-order valence-electron chi connectivity index (χ3n) is 2.64. The van der Waals surface area contributed by atoms with Crippen molar-refractivity contribution in [2.45, 2.75) is 25.2 Å². The average Bonchev–Trinajstić information content (AvgIpc) is 2.36. The van der Waals surface area contributed by atoms with Gasteiger partial charge in [0.05, 0.1) is 24.7 Å². The summed E-state index contributed by atoms with van der Waals surface area (Å²) in [6.07, 6.45) is 0.703. The van der Waals surface area contributed by atoms with Crippen molar-refractivity contribution in [2.24, 2.45) is 5.92 Å². The Kier molecular flexibility index (Phi) is 5.79. The third-order valence-corrected chi connectivity index (χ3v) is 3.96. The Labute approximate surface area is 127 Å². The molecule has 1 rings (SSSR count). The molecule has 0 aliphatic heterocycles. The molecular weight excluding hydrogens is 322 g/mol. The minimum atomic E-state index is -4.20. The van der Waals surface area contributed by atoms with Crippen LogP contribution in [0, 0.1) is 16.0 Å². The average molecular weight is 338 g/mol. The molecule has 0 N–H and O–H groups in total. The predicted octanol–water partition coefficient (Wildman–Crippen LogP) is 2.96. The zero-order chi connectivity index (χ0) is 16.2. The van der Waals surface area contributed by atoms with Gasteiger partial charge in [0.25, 0.3) is 14.7 Å². The standard InChI is InChI=1S/C12H16ClNO6S/c1-8(2)4-5-20-10-6-9(14(15)16)7-11(12(10)19-3)21(13,17)18/h6-8H,4-5H2,1-3H3. The number of non-ortho nitro benzene ring substituents is 1. The number of hydrogen-bond donors (Lipinski definition) is 0. The lowest BCUT2D eigenvalue weighted by atomic mass is 10.1. The van der Waals surface area contributed by atoms with Crippen LogP contribution < -0.4 is 9.47 Å². The van der Waals surface area contributed by atoms with E-state index in [0.29, 0.717) is 12.3 Å². The van der Waals surface area contributed by atoms with E-state index in [9.17, 15) is 18.5 Å². The molecule has 0 saturated heterocycles. The predicted molar refractivity (Wildman–Crippen MR) is 77.6 cm³/mol. The number of hydrogen-bond acceptors (Lipinski definition) is 6. The van der Waals surface area contributed by atoms with Gasteiger partial charge in [-0.15, -0.1) is 0 Å². The topological polar surface area (TPSA) is 95.7 Å². The molecule has 0 amide bonds. The SMILES string of the molecule is COc1c(OCCC(C)C)cc([N+](=O)[O-])cc1S(=O)(=O)Cl. The third kappa shape index (κ3) is 4.75. The van der Waals surface area contributed by atoms with Crippen molar-refractivity contribution in [1.82, 2.24) is 0 Å². The van der Waals surface area contributed by atoms with Gasteiger partial charge in [0.15, 0.2) is 11.5 Å². The van der Waals surface area contributed by atoms with E-state index >= 15 is 0 Å². The summed E-state index contributed by atoms with van der Waals surface area (Å²) in [5, 5.41) is 10.9. The molecule has 7 nitrogen and oxygen atoms in total. The second-order valence-electron chi connectivity index (χ2n) is 4.70. The van der Waals surface area contributed by atoms with E-state index in [1.165, 1.54) is 7.11 Å². The fourth-order valence-corrected chi connectivity index (χ4v) is 2.57. The van der Waals surface area contributed by atoms with Crippen LogP contribution in [0.2, 0.25) is 0 Å². The Morgan fingerprint density at radius 2 is 2.00 bits per heavy atom. The summed E-state index contributed by atoms with van der Waals surface area (Å²) in [6.45, 7) is 4.25. The lowest BCUT2D eigenvalue weighted by Crippen LogP contribution is -2.06. The number of nitrogens with zero attached hydrogens (tertiary/aromatic N) is 1. The van der Waals surface area contributed by atoms with Gasteiger partial charge >= 0.3 is 0 Å². The molecule has 0 atom stereocenters. The Bertz CT molecular complexity index is 629. The molecule has 0 aliphatic rings. The van der Waals surface area contributed by atoms with Gasteiger partial charge in [0.1, 0.15) is 4.90 Å². The lowest BCUT2D eigenvalue weighted by molar-refractivity contribution is -0.385. The van der Waals surface area contributed by atoms with Crippen molar-refractivity contribution < 1.29 is 22.8 Å². The van der Waals surface area contributed by atoms with Crippen molar-refractivity contribution in [1.29, 1.82) is 0 Å². The maximum Gasteiger partial charge on any atom is 0.274 e. The first kappa shape index (κ1) is 17.5. The van der Waals surface area contributed by atoms with E-state index in [-0.39, 0.29) is 18.1 Å². The molecule has 0 aromatic heterocycles. The Balaban J connectivity index is 3.32. The first-order valence-corrected chi connectivity index (χ1v) is 8.41. The monoisotopic (exact) mass is 337 g/mol. The molecule has 1 aromatic carbocycles. The number of nitro groups is 1. The number of halogens is 1. The maximum atomic E-state index is 11.5. The van der Waals surface area contributed by atoms with Gasteiger partial charge in [-0.3, -0.25) is 10.1 Å². The minimum absolute atomic E-state index is 0.0217. The van der Waals surface area contributed by atoms with E-state index in [4.69, 9.17) is 20.2 Å². The van der Waals surface area contributed by atoms with Gasteiger partial charge in [-0.1, -0.05) is 13.8 Å². The summed E-state index contributed by atoms with van der Waals surface area (Å²) in [6, 6.07) is 1.96. The molecule has 1 aromatic rings. The van der Waals surface area contributed by atoms with Crippen LogP contribution in [0.4, 0.5) is 5.69 Å². The van der Waals surface area contributed by atoms with E-state index in [0.717, 1.165) is 12.1 Å². The summed E-state index contributed by atoms with van der Waals surface area (Å²) in [5.74, 6) is 0.205. The van der Waals surface area contributed by atoms with Crippen molar-refractivity contribution in [2.75, 3.05) is 13.7 Å². The van der Waals surface area contributed by atoms with Crippen LogP contribution in [0.1, 0.15) is 20.3 Å². The van der Waals surface area contributed by atoms with E-state index < -0.39 is 24.6 Å². The normalized spacial score (nSPS) is 11.5. The highest BCUT2D eigenvalue weighted by Crippen LogP contribution is 2.39. The Hall–Kier alpha value is -1.54. The van der Waals surface area contributed by atoms with Gasteiger partial charge in [-0.2, -0.15) is 0 Å². The van der Waals surface area contributed by atoms with Crippen molar-refractivity contribution in [3.8, 4) is 11.5 Å². The van der Waals surface area contributed by atoms with Crippen LogP contribution in [-0.4, -0.2) is 27.1 Å². The number of nitro benzene ring substituents is 1. The molecule has 0 heterocycles. The molecule has 0 unspecified atom stereocenters. The molecule has 9 heteroatoms. The zero-order valence-electron chi connectivity index (χ0n) is 11.8. The molecule has 0 radical (unpaired) electrons. The Morgan fingerprint density at radius 3 is 2.43 bits per heavy atom. The molecule has 0 saturated carbocycles. The quantitative estimate of drug-likeness (QED) is 0.431. The zero-order valence-corrected chi connectivity index (χ0v) is 13.4. The van der Waals surface area contributed by atoms with Crippen molar-refractivity contribution in [3.63, 3.8) is 0 Å². The number of methoxy groups -OCH3 is 1. The first-order valence-electron chi connectivity index (χ1n) is 6.10. The van der Waals surface area contributed by atoms with Gasteiger partial charge in [0, 0.05) is 16.7 Å². The van der Waals surface area contributed by atoms with Crippen molar-refractivity contribution in [3.05, 3.63) is 22.2 Å². The number of rotatable bonds is 7. The molecule has 21 heavy (non-hydrogen) atoms. The van der Waals surface area contributed by atoms with Crippen LogP contribution in [0.3, 0.4) is 0 Å². The summed E-state index contributed by atoms with van der Waals surface area (Å²) >= 11 is 0. The molecule has 0 bridgehead atoms.